The van der Waals surface area contributed by atoms with E-state index in [0.29, 0.717) is 12.5 Å². The van der Waals surface area contributed by atoms with Crippen LogP contribution in [0.25, 0.3) is 0 Å². The number of carbonyl (C=O) groups excluding carboxylic acids is 1. The van der Waals surface area contributed by atoms with Gasteiger partial charge < -0.3 is 10.2 Å². The van der Waals surface area contributed by atoms with Crippen molar-refractivity contribution in [1.82, 2.24) is 10.2 Å². The van der Waals surface area contributed by atoms with Crippen molar-refractivity contribution in [1.29, 1.82) is 0 Å². The van der Waals surface area contributed by atoms with Crippen LogP contribution in [0.15, 0.2) is 40.2 Å². The second-order valence-electron chi connectivity index (χ2n) is 5.88. The normalized spacial score (nSPS) is 15.3. The number of carbonyl (C=O) groups is 1. The molecule has 1 fully saturated rings. The van der Waals surface area contributed by atoms with E-state index in [1.165, 1.54) is 0 Å². The molecule has 23 heavy (non-hydrogen) atoms. The summed E-state index contributed by atoms with van der Waals surface area (Å²) in [6.07, 6.45) is 2.32. The van der Waals surface area contributed by atoms with E-state index in [4.69, 9.17) is 11.6 Å². The quantitative estimate of drug-likeness (QED) is 0.694. The van der Waals surface area contributed by atoms with E-state index in [1.54, 1.807) is 16.2 Å². The van der Waals surface area contributed by atoms with E-state index >= 15 is 0 Å². The number of hydrogen-bond donors (Lipinski definition) is 1. The van der Waals surface area contributed by atoms with Crippen molar-refractivity contribution in [2.45, 2.75) is 25.4 Å². The van der Waals surface area contributed by atoms with Crippen LogP contribution in [0.5, 0.6) is 0 Å². The highest BCUT2D eigenvalue weighted by Gasteiger charge is 2.34. The molecule has 1 aliphatic carbocycles. The van der Waals surface area contributed by atoms with Gasteiger partial charge in [-0.15, -0.1) is 11.3 Å². The van der Waals surface area contributed by atoms with Crippen molar-refractivity contribution in [3.8, 4) is 0 Å². The Morgan fingerprint density at radius 2 is 2.04 bits per heavy atom. The summed E-state index contributed by atoms with van der Waals surface area (Å²) in [5.41, 5.74) is 1.12. The lowest BCUT2D eigenvalue weighted by molar-refractivity contribution is 0.201. The number of benzene rings is 1. The fourth-order valence-corrected chi connectivity index (χ4v) is 4.22. The maximum Gasteiger partial charge on any atom is 0.317 e. The fraction of sp³-hybridized carbons (Fsp3) is 0.353. The number of rotatable bonds is 5. The van der Waals surface area contributed by atoms with Gasteiger partial charge in [0.1, 0.15) is 0 Å². The topological polar surface area (TPSA) is 32.3 Å². The molecule has 1 aromatic heterocycles. The Bertz CT molecular complexity index is 684. The van der Waals surface area contributed by atoms with Crippen LogP contribution in [-0.4, -0.2) is 18.0 Å². The number of urea groups is 1. The molecule has 1 saturated carbocycles. The van der Waals surface area contributed by atoms with Crippen molar-refractivity contribution in [2.24, 2.45) is 5.92 Å². The smallest absolute Gasteiger partial charge is 0.317 e. The van der Waals surface area contributed by atoms with E-state index in [2.05, 4.69) is 21.2 Å². The molecule has 1 N–H and O–H groups in total. The predicted molar refractivity (Wildman–Crippen MR) is 98.9 cm³/mol. The molecule has 0 spiro atoms. The van der Waals surface area contributed by atoms with Crippen molar-refractivity contribution in [3.63, 3.8) is 0 Å². The Labute approximate surface area is 153 Å². The molecule has 0 saturated heterocycles. The molecule has 3 rings (SSSR count). The Balaban J connectivity index is 1.65. The van der Waals surface area contributed by atoms with Crippen molar-refractivity contribution < 1.29 is 4.79 Å². The lowest BCUT2D eigenvalue weighted by Gasteiger charge is -2.23. The van der Waals surface area contributed by atoms with Crippen LogP contribution in [0.4, 0.5) is 4.79 Å². The van der Waals surface area contributed by atoms with Crippen molar-refractivity contribution >= 4 is 44.9 Å². The van der Waals surface area contributed by atoms with Gasteiger partial charge in [-0.25, -0.2) is 4.79 Å². The zero-order valence-electron chi connectivity index (χ0n) is 12.8. The zero-order chi connectivity index (χ0) is 16.4. The van der Waals surface area contributed by atoms with Gasteiger partial charge in [-0.05, 0) is 64.5 Å². The zero-order valence-corrected chi connectivity index (χ0v) is 15.9. The first-order chi connectivity index (χ1) is 11.0. The average molecular weight is 414 g/mol. The van der Waals surface area contributed by atoms with Crippen LogP contribution in [0, 0.1) is 5.92 Å². The summed E-state index contributed by atoms with van der Waals surface area (Å²) in [5.74, 6) is 0.532. The minimum Gasteiger partial charge on any atom is -0.331 e. The standard InChI is InChI=1S/C17H18BrClN2OS/c1-21(10-14-8-9-15(18)23-14)17(22)20-16(11-2-3-11)12-4-6-13(19)7-5-12/h4-9,11,16H,2-3,10H2,1H3,(H,20,22). The maximum absolute atomic E-state index is 12.5. The highest BCUT2D eigenvalue weighted by molar-refractivity contribution is 9.11. The number of hydrogen-bond acceptors (Lipinski definition) is 2. The number of nitrogens with zero attached hydrogens (tertiary/aromatic N) is 1. The Morgan fingerprint density at radius 1 is 1.35 bits per heavy atom. The van der Waals surface area contributed by atoms with Crippen LogP contribution >= 0.6 is 38.9 Å². The molecular weight excluding hydrogens is 396 g/mol. The first kappa shape index (κ1) is 16.8. The van der Waals surface area contributed by atoms with E-state index in [0.717, 1.165) is 32.1 Å². The van der Waals surface area contributed by atoms with Gasteiger partial charge in [0.15, 0.2) is 0 Å². The average Bonchev–Trinajstić information content (AvgIpc) is 3.29. The molecule has 1 aromatic carbocycles. The Hall–Kier alpha value is -1.04. The second-order valence-corrected chi connectivity index (χ2v) is 8.86. The Kier molecular flexibility index (Phi) is 5.29. The predicted octanol–water partition coefficient (Wildman–Crippen LogP) is 5.46. The molecule has 6 heteroatoms. The summed E-state index contributed by atoms with van der Waals surface area (Å²) in [7, 11) is 1.83. The summed E-state index contributed by atoms with van der Waals surface area (Å²) in [4.78, 5) is 15.4. The minimum atomic E-state index is -0.0404. The first-order valence-corrected chi connectivity index (χ1v) is 9.53. The van der Waals surface area contributed by atoms with Crippen LogP contribution in [-0.2, 0) is 6.54 Å². The molecule has 1 unspecified atom stereocenters. The lowest BCUT2D eigenvalue weighted by Crippen LogP contribution is -2.39. The third-order valence-electron chi connectivity index (χ3n) is 3.97. The highest BCUT2D eigenvalue weighted by Crippen LogP contribution is 2.41. The van der Waals surface area contributed by atoms with E-state index in [1.807, 2.05) is 43.4 Å². The van der Waals surface area contributed by atoms with Gasteiger partial charge in [0.05, 0.1) is 16.4 Å². The summed E-state index contributed by atoms with van der Waals surface area (Å²) in [6, 6.07) is 11.8. The van der Waals surface area contributed by atoms with E-state index in [-0.39, 0.29) is 12.1 Å². The molecule has 0 bridgehead atoms. The molecule has 3 nitrogen and oxygen atoms in total. The van der Waals surface area contributed by atoms with Gasteiger partial charge in [0.25, 0.3) is 0 Å². The van der Waals surface area contributed by atoms with Crippen LogP contribution in [0.3, 0.4) is 0 Å². The third-order valence-corrected chi connectivity index (χ3v) is 5.83. The lowest BCUT2D eigenvalue weighted by atomic mass is 10.0. The number of halogens is 2. The minimum absolute atomic E-state index is 0.0404. The van der Waals surface area contributed by atoms with Gasteiger partial charge in [0, 0.05) is 16.9 Å². The fourth-order valence-electron chi connectivity index (χ4n) is 2.56. The second kappa shape index (κ2) is 7.24. The summed E-state index contributed by atoms with van der Waals surface area (Å²) >= 11 is 11.1. The van der Waals surface area contributed by atoms with Crippen molar-refractivity contribution in [3.05, 3.63) is 55.6 Å². The first-order valence-electron chi connectivity index (χ1n) is 7.54. The Morgan fingerprint density at radius 3 is 2.61 bits per heavy atom. The van der Waals surface area contributed by atoms with Crippen LogP contribution in [0.2, 0.25) is 5.02 Å². The number of amides is 2. The molecule has 2 amide bonds. The summed E-state index contributed by atoms with van der Waals surface area (Å²) in [6.45, 7) is 0.611. The molecule has 122 valence electrons. The molecular formula is C17H18BrClN2OS. The molecule has 2 aromatic rings. The number of thiophene rings is 1. The van der Waals surface area contributed by atoms with Gasteiger partial charge in [0.2, 0.25) is 0 Å². The highest BCUT2D eigenvalue weighted by atomic mass is 79.9. The van der Waals surface area contributed by atoms with Gasteiger partial charge in [-0.3, -0.25) is 0 Å². The van der Waals surface area contributed by atoms with Gasteiger partial charge in [-0.1, -0.05) is 23.7 Å². The summed E-state index contributed by atoms with van der Waals surface area (Å²) in [5, 5.41) is 3.90. The van der Waals surface area contributed by atoms with Gasteiger partial charge in [-0.2, -0.15) is 0 Å². The van der Waals surface area contributed by atoms with E-state index in [9.17, 15) is 4.79 Å². The largest absolute Gasteiger partial charge is 0.331 e. The maximum atomic E-state index is 12.5. The molecule has 1 heterocycles. The number of nitrogens with one attached hydrogen (secondary N) is 1. The molecule has 0 radical (unpaired) electrons. The van der Waals surface area contributed by atoms with Crippen molar-refractivity contribution in [2.75, 3.05) is 7.05 Å². The van der Waals surface area contributed by atoms with Crippen LogP contribution < -0.4 is 5.32 Å². The third kappa shape index (κ3) is 4.49. The monoisotopic (exact) mass is 412 g/mol. The SMILES string of the molecule is CN(Cc1ccc(Br)s1)C(=O)NC(c1ccc(Cl)cc1)C1CC1. The van der Waals surface area contributed by atoms with E-state index < -0.39 is 0 Å². The van der Waals surface area contributed by atoms with Crippen LogP contribution in [0.1, 0.15) is 29.3 Å². The molecule has 1 aliphatic rings. The summed E-state index contributed by atoms with van der Waals surface area (Å²) < 4.78 is 1.08. The van der Waals surface area contributed by atoms with Gasteiger partial charge >= 0.3 is 6.03 Å². The molecule has 1 atom stereocenters. The molecule has 0 aliphatic heterocycles.